The van der Waals surface area contributed by atoms with Crippen LogP contribution in [0.5, 0.6) is 5.75 Å². The highest BCUT2D eigenvalue weighted by atomic mass is 32.2. The second kappa shape index (κ2) is 5.83. The summed E-state index contributed by atoms with van der Waals surface area (Å²) in [6, 6.07) is 7.90. The van der Waals surface area contributed by atoms with E-state index in [0.717, 1.165) is 5.56 Å². The van der Waals surface area contributed by atoms with Gasteiger partial charge in [0.25, 0.3) is 10.0 Å². The molecule has 0 saturated heterocycles. The Labute approximate surface area is 140 Å². The number of sulfonamides is 1. The topological polar surface area (TPSA) is 95.5 Å². The Bertz CT molecular complexity index is 936. The van der Waals surface area contributed by atoms with Crippen molar-refractivity contribution in [3.05, 3.63) is 47.0 Å². The van der Waals surface area contributed by atoms with Crippen LogP contribution in [0.15, 0.2) is 35.2 Å². The zero-order chi connectivity index (χ0) is 17.5. The smallest absolute Gasteiger partial charge is 0.261 e. The maximum Gasteiger partial charge on any atom is 0.261 e. The van der Waals surface area contributed by atoms with E-state index in [0.29, 0.717) is 35.3 Å². The summed E-state index contributed by atoms with van der Waals surface area (Å²) in [5.74, 6) is 0.00495. The minimum Gasteiger partial charge on any atom is -0.507 e. The SMILES string of the molecule is Cc1ccc(NS(=O)(=O)c2ccc3c(c2)CCC(=O)N3)c(C)c1O. The van der Waals surface area contributed by atoms with E-state index in [2.05, 4.69) is 10.0 Å². The summed E-state index contributed by atoms with van der Waals surface area (Å²) in [4.78, 5) is 11.5. The molecule has 2 aromatic rings. The Morgan fingerprint density at radius 2 is 1.88 bits per heavy atom. The van der Waals surface area contributed by atoms with Crippen molar-refractivity contribution < 1.29 is 18.3 Å². The fourth-order valence-corrected chi connectivity index (χ4v) is 3.85. The number of nitrogens with one attached hydrogen (secondary N) is 2. The minimum atomic E-state index is -3.79. The van der Waals surface area contributed by atoms with E-state index >= 15 is 0 Å². The number of hydrogen-bond donors (Lipinski definition) is 3. The van der Waals surface area contributed by atoms with Crippen molar-refractivity contribution in [1.82, 2.24) is 0 Å². The molecule has 3 N–H and O–H groups in total. The number of aryl methyl sites for hydroxylation is 2. The summed E-state index contributed by atoms with van der Waals surface area (Å²) in [5.41, 5.74) is 2.93. The summed E-state index contributed by atoms with van der Waals surface area (Å²) in [6.07, 6.45) is 0.851. The van der Waals surface area contributed by atoms with Crippen molar-refractivity contribution in [3.8, 4) is 5.75 Å². The molecule has 0 bridgehead atoms. The Kier molecular flexibility index (Phi) is 3.96. The number of carbonyl (C=O) groups is 1. The molecule has 1 amide bonds. The van der Waals surface area contributed by atoms with Crippen LogP contribution in [0.2, 0.25) is 0 Å². The summed E-state index contributed by atoms with van der Waals surface area (Å²) in [7, 11) is -3.79. The number of phenols is 1. The van der Waals surface area contributed by atoms with E-state index < -0.39 is 10.0 Å². The molecule has 1 aliphatic heterocycles. The molecule has 0 aliphatic carbocycles. The highest BCUT2D eigenvalue weighted by Gasteiger charge is 2.21. The van der Waals surface area contributed by atoms with E-state index in [1.54, 1.807) is 38.1 Å². The number of carbonyl (C=O) groups excluding carboxylic acids is 1. The van der Waals surface area contributed by atoms with Gasteiger partial charge in [-0.15, -0.1) is 0 Å². The Morgan fingerprint density at radius 1 is 1.12 bits per heavy atom. The van der Waals surface area contributed by atoms with Gasteiger partial charge in [-0.2, -0.15) is 0 Å². The van der Waals surface area contributed by atoms with Gasteiger partial charge in [-0.3, -0.25) is 9.52 Å². The molecule has 0 unspecified atom stereocenters. The molecule has 0 spiro atoms. The molecule has 1 aliphatic rings. The molecule has 0 saturated carbocycles. The van der Waals surface area contributed by atoms with E-state index in [-0.39, 0.29) is 16.6 Å². The molecule has 0 aromatic heterocycles. The highest BCUT2D eigenvalue weighted by Crippen LogP contribution is 2.31. The lowest BCUT2D eigenvalue weighted by molar-refractivity contribution is -0.116. The lowest BCUT2D eigenvalue weighted by Gasteiger charge is -2.18. The molecule has 3 rings (SSSR count). The number of anilines is 2. The average molecular weight is 346 g/mol. The standard InChI is InChI=1S/C17H18N2O4S/c1-10-3-6-14(11(2)17(10)21)19-24(22,23)13-5-7-15-12(9-13)4-8-16(20)18-15/h3,5-7,9,19,21H,4,8H2,1-2H3,(H,18,20). The lowest BCUT2D eigenvalue weighted by atomic mass is 10.0. The second-order valence-corrected chi connectivity index (χ2v) is 7.56. The minimum absolute atomic E-state index is 0.0676. The fourth-order valence-electron chi connectivity index (χ4n) is 2.68. The van der Waals surface area contributed by atoms with E-state index in [1.165, 1.54) is 6.07 Å². The molecule has 0 atom stereocenters. The van der Waals surface area contributed by atoms with Gasteiger partial charge in [0, 0.05) is 17.7 Å². The van der Waals surface area contributed by atoms with Gasteiger partial charge >= 0.3 is 0 Å². The van der Waals surface area contributed by atoms with Crippen LogP contribution in [0.3, 0.4) is 0 Å². The molecular weight excluding hydrogens is 328 g/mol. The fraction of sp³-hybridized carbons (Fsp3) is 0.235. The van der Waals surface area contributed by atoms with Crippen LogP contribution >= 0.6 is 0 Å². The molecule has 2 aromatic carbocycles. The molecular formula is C17H18N2O4S. The molecule has 0 fully saturated rings. The van der Waals surface area contributed by atoms with E-state index in [9.17, 15) is 18.3 Å². The largest absolute Gasteiger partial charge is 0.507 e. The highest BCUT2D eigenvalue weighted by molar-refractivity contribution is 7.92. The quantitative estimate of drug-likeness (QED) is 0.796. The Balaban J connectivity index is 1.94. The van der Waals surface area contributed by atoms with Crippen LogP contribution in [0.25, 0.3) is 0 Å². The number of rotatable bonds is 3. The first kappa shape index (κ1) is 16.3. The van der Waals surface area contributed by atoms with Crippen LogP contribution < -0.4 is 10.0 Å². The Hall–Kier alpha value is -2.54. The number of amides is 1. The number of fused-ring (bicyclic) bond motifs is 1. The predicted molar refractivity (Wildman–Crippen MR) is 91.8 cm³/mol. The summed E-state index contributed by atoms with van der Waals surface area (Å²) in [5, 5.41) is 12.7. The monoisotopic (exact) mass is 346 g/mol. The normalized spacial score (nSPS) is 14.0. The van der Waals surface area contributed by atoms with Crippen LogP contribution in [-0.4, -0.2) is 19.4 Å². The van der Waals surface area contributed by atoms with Gasteiger partial charge in [-0.05, 0) is 55.7 Å². The lowest BCUT2D eigenvalue weighted by Crippen LogP contribution is -2.20. The van der Waals surface area contributed by atoms with Crippen molar-refractivity contribution in [2.45, 2.75) is 31.6 Å². The predicted octanol–water partition coefficient (Wildman–Crippen LogP) is 2.69. The second-order valence-electron chi connectivity index (χ2n) is 5.88. The third kappa shape index (κ3) is 2.94. The summed E-state index contributed by atoms with van der Waals surface area (Å²) < 4.78 is 27.8. The van der Waals surface area contributed by atoms with Gasteiger partial charge in [0.2, 0.25) is 5.91 Å². The molecule has 126 valence electrons. The van der Waals surface area contributed by atoms with Crippen LogP contribution in [0, 0.1) is 13.8 Å². The van der Waals surface area contributed by atoms with E-state index in [4.69, 9.17) is 0 Å². The zero-order valence-electron chi connectivity index (χ0n) is 13.4. The number of benzene rings is 2. The first-order chi connectivity index (χ1) is 11.3. The van der Waals surface area contributed by atoms with Crippen molar-refractivity contribution in [3.63, 3.8) is 0 Å². The maximum atomic E-state index is 12.6. The first-order valence-electron chi connectivity index (χ1n) is 7.53. The van der Waals surface area contributed by atoms with Crippen molar-refractivity contribution in [1.29, 1.82) is 0 Å². The molecule has 24 heavy (non-hydrogen) atoms. The van der Waals surface area contributed by atoms with Crippen molar-refractivity contribution in [2.24, 2.45) is 0 Å². The van der Waals surface area contributed by atoms with Gasteiger partial charge in [0.1, 0.15) is 5.75 Å². The number of aromatic hydroxyl groups is 1. The van der Waals surface area contributed by atoms with E-state index in [1.807, 2.05) is 0 Å². The third-order valence-corrected chi connectivity index (χ3v) is 5.52. The first-order valence-corrected chi connectivity index (χ1v) is 9.01. The van der Waals surface area contributed by atoms with Crippen LogP contribution in [0.4, 0.5) is 11.4 Å². The Morgan fingerprint density at radius 3 is 2.62 bits per heavy atom. The molecule has 1 heterocycles. The van der Waals surface area contributed by atoms with Gasteiger partial charge in [0.15, 0.2) is 0 Å². The van der Waals surface area contributed by atoms with Crippen LogP contribution in [0.1, 0.15) is 23.1 Å². The summed E-state index contributed by atoms with van der Waals surface area (Å²) in [6.45, 7) is 3.40. The molecule has 6 nitrogen and oxygen atoms in total. The number of phenolic OH excluding ortho intramolecular Hbond substituents is 1. The zero-order valence-corrected chi connectivity index (χ0v) is 14.2. The van der Waals surface area contributed by atoms with Gasteiger partial charge in [0.05, 0.1) is 10.6 Å². The number of hydrogen-bond acceptors (Lipinski definition) is 4. The van der Waals surface area contributed by atoms with Gasteiger partial charge < -0.3 is 10.4 Å². The van der Waals surface area contributed by atoms with Gasteiger partial charge in [-0.1, -0.05) is 6.07 Å². The van der Waals surface area contributed by atoms with Crippen molar-refractivity contribution in [2.75, 3.05) is 10.0 Å². The summed E-state index contributed by atoms with van der Waals surface area (Å²) >= 11 is 0. The average Bonchev–Trinajstić information content (AvgIpc) is 2.55. The van der Waals surface area contributed by atoms with Crippen LogP contribution in [-0.2, 0) is 21.2 Å². The molecule has 0 radical (unpaired) electrons. The third-order valence-electron chi connectivity index (χ3n) is 4.16. The molecule has 7 heteroatoms. The van der Waals surface area contributed by atoms with Crippen molar-refractivity contribution >= 4 is 27.3 Å². The maximum absolute atomic E-state index is 12.6. The van der Waals surface area contributed by atoms with Gasteiger partial charge in [-0.25, -0.2) is 8.42 Å².